The fraction of sp³-hybridized carbons (Fsp3) is 0.455. The van der Waals surface area contributed by atoms with E-state index in [4.69, 9.17) is 0 Å². The number of allylic oxidation sites excluding steroid dienone is 2. The van der Waals surface area contributed by atoms with Crippen LogP contribution in [0.1, 0.15) is 31.1 Å². The van der Waals surface area contributed by atoms with Crippen molar-refractivity contribution in [1.29, 1.82) is 0 Å². The predicted molar refractivity (Wildman–Crippen MR) is 117 cm³/mol. The number of nitrogens with one attached hydrogen (secondary N) is 2. The Bertz CT molecular complexity index is 1040. The Morgan fingerprint density at radius 3 is 2.52 bits per heavy atom. The minimum atomic E-state index is -4.60. The summed E-state index contributed by atoms with van der Waals surface area (Å²) in [5, 5.41) is 5.69. The molecular formula is C22H25F3N6O2. The second-order valence-electron chi connectivity index (χ2n) is 8.82. The van der Waals surface area contributed by atoms with E-state index in [-0.39, 0.29) is 17.9 Å². The molecule has 1 aromatic rings. The third-order valence-electron chi connectivity index (χ3n) is 5.79. The van der Waals surface area contributed by atoms with Crippen molar-refractivity contribution in [2.75, 3.05) is 24.5 Å². The summed E-state index contributed by atoms with van der Waals surface area (Å²) in [5.74, 6) is -1.07. The number of carbonyl (C=O) groups excluding carboxylic acids is 2. The average Bonchev–Trinajstić information content (AvgIpc) is 3.10. The normalized spacial score (nSPS) is 27.1. The molecule has 2 amide bonds. The molecule has 33 heavy (non-hydrogen) atoms. The molecule has 0 radical (unpaired) electrons. The molecule has 1 saturated heterocycles. The number of piperazine rings is 1. The van der Waals surface area contributed by atoms with E-state index in [0.29, 0.717) is 12.1 Å². The lowest BCUT2D eigenvalue weighted by atomic mass is 10.0. The zero-order valence-electron chi connectivity index (χ0n) is 18.5. The SMILES string of the molecule is CC1CN(c2ccc(C(=O)NC(=O)C3(C)CN4C=CC=C(C(F)(F)F)C4=N3)cn2)CC(C)N1. The lowest BCUT2D eigenvalue weighted by molar-refractivity contribution is -0.124. The molecule has 11 heteroatoms. The number of anilines is 1. The van der Waals surface area contributed by atoms with E-state index in [2.05, 4.69) is 39.4 Å². The molecule has 1 aromatic heterocycles. The lowest BCUT2D eigenvalue weighted by Gasteiger charge is -2.36. The van der Waals surface area contributed by atoms with Crippen LogP contribution in [0.3, 0.4) is 0 Å². The number of nitrogens with zero attached hydrogens (tertiary/aromatic N) is 4. The van der Waals surface area contributed by atoms with Crippen LogP contribution in [-0.4, -0.2) is 71.0 Å². The molecule has 0 saturated carbocycles. The number of fused-ring (bicyclic) bond motifs is 1. The third kappa shape index (κ3) is 4.63. The molecule has 3 unspecified atom stereocenters. The van der Waals surface area contributed by atoms with Gasteiger partial charge in [-0.15, -0.1) is 0 Å². The number of aromatic nitrogens is 1. The van der Waals surface area contributed by atoms with Gasteiger partial charge in [-0.25, -0.2) is 9.98 Å². The summed E-state index contributed by atoms with van der Waals surface area (Å²) in [6.07, 6.45) is 0.372. The van der Waals surface area contributed by atoms with Crippen LogP contribution in [-0.2, 0) is 4.79 Å². The number of halogens is 3. The van der Waals surface area contributed by atoms with Crippen molar-refractivity contribution in [2.24, 2.45) is 4.99 Å². The van der Waals surface area contributed by atoms with Crippen LogP contribution < -0.4 is 15.5 Å². The Balaban J connectivity index is 1.45. The average molecular weight is 462 g/mol. The highest BCUT2D eigenvalue weighted by Crippen LogP contribution is 2.35. The molecule has 0 aliphatic carbocycles. The highest BCUT2D eigenvalue weighted by Gasteiger charge is 2.48. The number of pyridine rings is 1. The number of rotatable bonds is 3. The van der Waals surface area contributed by atoms with E-state index < -0.39 is 29.1 Å². The van der Waals surface area contributed by atoms with Crippen LogP contribution in [0.25, 0.3) is 0 Å². The summed E-state index contributed by atoms with van der Waals surface area (Å²) in [6, 6.07) is 3.88. The van der Waals surface area contributed by atoms with Crippen LogP contribution in [0, 0.1) is 0 Å². The van der Waals surface area contributed by atoms with Gasteiger partial charge in [0, 0.05) is 37.6 Å². The number of alkyl halides is 3. The molecule has 0 bridgehead atoms. The van der Waals surface area contributed by atoms with E-state index in [1.165, 1.54) is 30.3 Å². The first kappa shape index (κ1) is 23.0. The quantitative estimate of drug-likeness (QED) is 0.668. The Kier molecular flexibility index (Phi) is 5.77. The molecule has 3 aliphatic rings. The Hall–Kier alpha value is -3.21. The molecule has 1 fully saturated rings. The van der Waals surface area contributed by atoms with E-state index in [1.54, 1.807) is 12.1 Å². The van der Waals surface area contributed by atoms with Gasteiger partial charge < -0.3 is 15.1 Å². The van der Waals surface area contributed by atoms with Crippen molar-refractivity contribution < 1.29 is 22.8 Å². The smallest absolute Gasteiger partial charge is 0.354 e. The van der Waals surface area contributed by atoms with Crippen molar-refractivity contribution in [2.45, 2.75) is 44.6 Å². The molecule has 0 spiro atoms. The van der Waals surface area contributed by atoms with Crippen molar-refractivity contribution >= 4 is 23.5 Å². The Morgan fingerprint density at radius 2 is 1.91 bits per heavy atom. The fourth-order valence-corrected chi connectivity index (χ4v) is 4.27. The van der Waals surface area contributed by atoms with Gasteiger partial charge in [-0.05, 0) is 45.1 Å². The summed E-state index contributed by atoms with van der Waals surface area (Å²) in [4.78, 5) is 37.2. The van der Waals surface area contributed by atoms with Crippen molar-refractivity contribution in [1.82, 2.24) is 20.5 Å². The molecule has 4 rings (SSSR count). The van der Waals surface area contributed by atoms with E-state index in [9.17, 15) is 22.8 Å². The molecule has 176 valence electrons. The van der Waals surface area contributed by atoms with Crippen LogP contribution in [0.4, 0.5) is 19.0 Å². The first-order chi connectivity index (χ1) is 15.5. The molecule has 3 atom stereocenters. The van der Waals surface area contributed by atoms with Crippen LogP contribution in [0.2, 0.25) is 0 Å². The first-order valence-electron chi connectivity index (χ1n) is 10.6. The second kappa shape index (κ2) is 8.29. The van der Waals surface area contributed by atoms with Crippen LogP contribution in [0.15, 0.2) is 47.2 Å². The van der Waals surface area contributed by atoms with Gasteiger partial charge in [0.2, 0.25) is 0 Å². The predicted octanol–water partition coefficient (Wildman–Crippen LogP) is 2.01. The fourth-order valence-electron chi connectivity index (χ4n) is 4.27. The maximum atomic E-state index is 13.3. The molecule has 2 N–H and O–H groups in total. The zero-order chi connectivity index (χ0) is 24.0. The van der Waals surface area contributed by atoms with Gasteiger partial charge in [0.15, 0.2) is 5.54 Å². The van der Waals surface area contributed by atoms with Gasteiger partial charge in [0.25, 0.3) is 11.8 Å². The van der Waals surface area contributed by atoms with Gasteiger partial charge in [-0.1, -0.05) is 0 Å². The van der Waals surface area contributed by atoms with Gasteiger partial charge >= 0.3 is 6.18 Å². The molecule has 3 aliphatic heterocycles. The second-order valence-corrected chi connectivity index (χ2v) is 8.82. The Morgan fingerprint density at radius 1 is 1.21 bits per heavy atom. The minimum absolute atomic E-state index is 0.109. The number of aliphatic imine (C=N–C) groups is 1. The number of imide groups is 1. The maximum Gasteiger partial charge on any atom is 0.419 e. The highest BCUT2D eigenvalue weighted by molar-refractivity contribution is 6.11. The van der Waals surface area contributed by atoms with Crippen molar-refractivity contribution in [3.05, 3.63) is 47.8 Å². The number of hydrogen-bond donors (Lipinski definition) is 2. The summed E-state index contributed by atoms with van der Waals surface area (Å²) in [7, 11) is 0. The molecule has 4 heterocycles. The summed E-state index contributed by atoms with van der Waals surface area (Å²) < 4.78 is 39.9. The third-order valence-corrected chi connectivity index (χ3v) is 5.79. The Labute approximate surface area is 189 Å². The maximum absolute atomic E-state index is 13.3. The van der Waals surface area contributed by atoms with Crippen molar-refractivity contribution in [3.63, 3.8) is 0 Å². The number of amidine groups is 1. The van der Waals surface area contributed by atoms with Crippen LogP contribution in [0.5, 0.6) is 0 Å². The zero-order valence-corrected chi connectivity index (χ0v) is 18.5. The van der Waals surface area contributed by atoms with E-state index in [1.807, 2.05) is 0 Å². The van der Waals surface area contributed by atoms with Gasteiger partial charge in [-0.3, -0.25) is 14.9 Å². The molecular weight excluding hydrogens is 437 g/mol. The molecule has 0 aromatic carbocycles. The number of carbonyl (C=O) groups is 2. The number of amides is 2. The summed E-state index contributed by atoms with van der Waals surface area (Å²) in [6.45, 7) is 7.01. The van der Waals surface area contributed by atoms with Gasteiger partial charge in [-0.2, -0.15) is 13.2 Å². The molecule has 8 nitrogen and oxygen atoms in total. The summed E-state index contributed by atoms with van der Waals surface area (Å²) in [5.41, 5.74) is -2.31. The lowest BCUT2D eigenvalue weighted by Crippen LogP contribution is -2.54. The van der Waals surface area contributed by atoms with Gasteiger partial charge in [0.05, 0.1) is 17.7 Å². The minimum Gasteiger partial charge on any atom is -0.354 e. The van der Waals surface area contributed by atoms with Crippen molar-refractivity contribution in [3.8, 4) is 0 Å². The largest absolute Gasteiger partial charge is 0.419 e. The highest BCUT2D eigenvalue weighted by atomic mass is 19.4. The topological polar surface area (TPSA) is 89.9 Å². The van der Waals surface area contributed by atoms with Crippen LogP contribution >= 0.6 is 0 Å². The number of hydrogen-bond acceptors (Lipinski definition) is 7. The monoisotopic (exact) mass is 462 g/mol. The van der Waals surface area contributed by atoms with E-state index in [0.717, 1.165) is 25.0 Å². The van der Waals surface area contributed by atoms with E-state index >= 15 is 0 Å². The summed E-state index contributed by atoms with van der Waals surface area (Å²) >= 11 is 0. The van der Waals surface area contributed by atoms with Gasteiger partial charge in [0.1, 0.15) is 11.7 Å². The standard InChI is InChI=1S/C22H25F3N6O2/c1-13-10-31(11-14(2)27-13)17-7-6-15(9-26-17)19(32)28-20(33)21(3)12-30-8-4-5-16(18(30)29-21)22(23,24)25/h4-9,13-14,27H,10-12H2,1-3H3,(H,28,32,33). The first-order valence-corrected chi connectivity index (χ1v) is 10.6.